The molecule has 2 nitrogen and oxygen atoms in total. The zero-order chi connectivity index (χ0) is 27.6. The first-order chi connectivity index (χ1) is 20.8. The summed E-state index contributed by atoms with van der Waals surface area (Å²) < 4.78 is 5.09. The molecule has 196 valence electrons. The number of pyridine rings is 1. The van der Waals surface area contributed by atoms with E-state index in [1.807, 2.05) is 11.3 Å². The Labute approximate surface area is 246 Å². The highest BCUT2D eigenvalue weighted by molar-refractivity contribution is 7.26. The lowest BCUT2D eigenvalue weighted by atomic mass is 10.0. The Balaban J connectivity index is 1.47. The van der Waals surface area contributed by atoms with Gasteiger partial charge in [-0.15, -0.1) is 11.3 Å². The molecule has 0 spiro atoms. The summed E-state index contributed by atoms with van der Waals surface area (Å²) in [6, 6.07) is 52.2. The van der Waals surface area contributed by atoms with Crippen LogP contribution in [-0.4, -0.2) is 9.55 Å². The molecule has 42 heavy (non-hydrogen) atoms. The molecule has 0 bridgehead atoms. The smallest absolute Gasteiger partial charge is 0.0730 e. The number of fused-ring (bicyclic) bond motifs is 9. The van der Waals surface area contributed by atoms with Crippen LogP contribution in [0.15, 0.2) is 146 Å². The lowest BCUT2D eigenvalue weighted by Gasteiger charge is -2.13. The molecule has 0 saturated heterocycles. The van der Waals surface area contributed by atoms with Crippen LogP contribution in [0.3, 0.4) is 0 Å². The zero-order valence-corrected chi connectivity index (χ0v) is 23.5. The summed E-state index contributed by atoms with van der Waals surface area (Å²) in [6.07, 6.45) is 0. The van der Waals surface area contributed by atoms with Crippen molar-refractivity contribution in [2.45, 2.75) is 0 Å². The van der Waals surface area contributed by atoms with Gasteiger partial charge in [-0.3, -0.25) is 0 Å². The highest BCUT2D eigenvalue weighted by atomic mass is 32.1. The number of hydrogen-bond acceptors (Lipinski definition) is 2. The Morgan fingerprint density at radius 1 is 0.452 bits per heavy atom. The molecule has 9 aromatic rings. The van der Waals surface area contributed by atoms with Crippen LogP contribution < -0.4 is 0 Å². The molecule has 0 aliphatic rings. The van der Waals surface area contributed by atoms with Gasteiger partial charge in [0, 0.05) is 42.1 Å². The summed E-state index contributed by atoms with van der Waals surface area (Å²) in [5.74, 6) is 0. The number of thiophene rings is 1. The number of hydrogen-bond donors (Lipinski definition) is 0. The van der Waals surface area contributed by atoms with E-state index in [0.717, 1.165) is 28.2 Å². The van der Waals surface area contributed by atoms with Gasteiger partial charge in [-0.25, -0.2) is 4.98 Å². The Bertz CT molecular complexity index is 2390. The Hall–Kier alpha value is -5.25. The molecular weight excluding hydrogens is 529 g/mol. The minimum absolute atomic E-state index is 0.963. The van der Waals surface area contributed by atoms with Crippen LogP contribution in [-0.2, 0) is 0 Å². The number of benzene rings is 6. The van der Waals surface area contributed by atoms with Crippen LogP contribution in [0.4, 0.5) is 0 Å². The van der Waals surface area contributed by atoms with Crippen LogP contribution >= 0.6 is 11.3 Å². The molecule has 0 aliphatic heterocycles. The second kappa shape index (κ2) is 9.13. The number of nitrogens with zero attached hydrogens (tertiary/aromatic N) is 2. The predicted octanol–water partition coefficient (Wildman–Crippen LogP) is 11.0. The van der Waals surface area contributed by atoms with E-state index in [9.17, 15) is 0 Å². The van der Waals surface area contributed by atoms with E-state index in [-0.39, 0.29) is 0 Å². The van der Waals surface area contributed by atoms with Crippen LogP contribution in [0.1, 0.15) is 0 Å². The van der Waals surface area contributed by atoms with Crippen LogP contribution in [0.2, 0.25) is 0 Å². The fraction of sp³-hybridized carbons (Fsp3) is 0. The first-order valence-corrected chi connectivity index (χ1v) is 15.0. The summed E-state index contributed by atoms with van der Waals surface area (Å²) in [5.41, 5.74) is 7.66. The van der Waals surface area contributed by atoms with E-state index in [1.165, 1.54) is 52.8 Å². The maximum atomic E-state index is 5.16. The zero-order valence-electron chi connectivity index (χ0n) is 22.7. The highest BCUT2D eigenvalue weighted by Crippen LogP contribution is 2.45. The molecule has 3 aromatic heterocycles. The lowest BCUT2D eigenvalue weighted by Crippen LogP contribution is -1.98. The third kappa shape index (κ3) is 3.47. The van der Waals surface area contributed by atoms with Crippen molar-refractivity contribution in [2.24, 2.45) is 0 Å². The third-order valence-electron chi connectivity index (χ3n) is 8.37. The van der Waals surface area contributed by atoms with Gasteiger partial charge in [0.25, 0.3) is 0 Å². The van der Waals surface area contributed by atoms with Gasteiger partial charge in [0.1, 0.15) is 0 Å². The lowest BCUT2D eigenvalue weighted by molar-refractivity contribution is 1.16. The number of aromatic nitrogens is 2. The Morgan fingerprint density at radius 2 is 1.05 bits per heavy atom. The van der Waals surface area contributed by atoms with Crippen molar-refractivity contribution in [1.82, 2.24) is 9.55 Å². The molecule has 0 unspecified atom stereocenters. The first kappa shape index (κ1) is 23.5. The van der Waals surface area contributed by atoms with Crippen molar-refractivity contribution < 1.29 is 0 Å². The summed E-state index contributed by atoms with van der Waals surface area (Å²) in [7, 11) is 0. The fourth-order valence-corrected chi connectivity index (χ4v) is 7.63. The van der Waals surface area contributed by atoms with E-state index >= 15 is 0 Å². The highest BCUT2D eigenvalue weighted by Gasteiger charge is 2.20. The maximum absolute atomic E-state index is 5.16. The maximum Gasteiger partial charge on any atom is 0.0730 e. The average Bonchev–Trinajstić information content (AvgIpc) is 3.61. The third-order valence-corrected chi connectivity index (χ3v) is 9.50. The summed E-state index contributed by atoms with van der Waals surface area (Å²) in [6.45, 7) is 0. The summed E-state index contributed by atoms with van der Waals surface area (Å²) in [4.78, 5) is 5.16. The van der Waals surface area contributed by atoms with Crippen molar-refractivity contribution >= 4 is 64.1 Å². The van der Waals surface area contributed by atoms with Gasteiger partial charge in [-0.05, 0) is 47.2 Å². The van der Waals surface area contributed by atoms with Crippen molar-refractivity contribution in [3.05, 3.63) is 146 Å². The minimum atomic E-state index is 0.963. The van der Waals surface area contributed by atoms with Crippen molar-refractivity contribution in [3.63, 3.8) is 0 Å². The fourth-order valence-electron chi connectivity index (χ4n) is 6.52. The van der Waals surface area contributed by atoms with Crippen molar-refractivity contribution in [2.75, 3.05) is 0 Å². The standard InChI is InChI=1S/C39H24N2S/c1-3-12-26(13-4-1)31-23-28(24-32(40-31)27-14-5-2-6-15-27)41-33-20-19-25-11-7-8-16-29(25)37(33)39-34(41)21-22-36-38(39)30-17-9-10-18-35(30)42-36/h1-24H. The van der Waals surface area contributed by atoms with Crippen LogP contribution in [0.5, 0.6) is 0 Å². The van der Waals surface area contributed by atoms with Gasteiger partial charge in [-0.1, -0.05) is 109 Å². The van der Waals surface area contributed by atoms with Gasteiger partial charge in [-0.2, -0.15) is 0 Å². The molecule has 0 amide bonds. The minimum Gasteiger partial charge on any atom is -0.309 e. The van der Waals surface area contributed by atoms with Crippen LogP contribution in [0.25, 0.3) is 81.0 Å². The largest absolute Gasteiger partial charge is 0.309 e. The molecule has 6 aromatic carbocycles. The predicted molar refractivity (Wildman–Crippen MR) is 180 cm³/mol. The van der Waals surface area contributed by atoms with Crippen molar-refractivity contribution in [3.8, 4) is 28.2 Å². The second-order valence-electron chi connectivity index (χ2n) is 10.8. The van der Waals surface area contributed by atoms with E-state index in [1.54, 1.807) is 0 Å². The molecule has 0 radical (unpaired) electrons. The van der Waals surface area contributed by atoms with E-state index in [4.69, 9.17) is 4.98 Å². The molecule has 0 N–H and O–H groups in total. The van der Waals surface area contributed by atoms with Gasteiger partial charge >= 0.3 is 0 Å². The molecule has 0 saturated carbocycles. The molecule has 0 atom stereocenters. The van der Waals surface area contributed by atoms with Crippen LogP contribution in [0, 0.1) is 0 Å². The van der Waals surface area contributed by atoms with Crippen molar-refractivity contribution in [1.29, 1.82) is 0 Å². The number of rotatable bonds is 3. The molecule has 3 heteroatoms. The molecule has 0 fully saturated rings. The Morgan fingerprint density at radius 3 is 1.79 bits per heavy atom. The van der Waals surface area contributed by atoms with Gasteiger partial charge in [0.15, 0.2) is 0 Å². The summed E-state index contributed by atoms with van der Waals surface area (Å²) >= 11 is 1.88. The van der Waals surface area contributed by atoms with E-state index in [2.05, 4.69) is 150 Å². The van der Waals surface area contributed by atoms with E-state index in [0.29, 0.717) is 0 Å². The van der Waals surface area contributed by atoms with Gasteiger partial charge in [0.2, 0.25) is 0 Å². The van der Waals surface area contributed by atoms with Gasteiger partial charge < -0.3 is 4.57 Å². The van der Waals surface area contributed by atoms with E-state index < -0.39 is 0 Å². The second-order valence-corrected chi connectivity index (χ2v) is 11.9. The van der Waals surface area contributed by atoms with Gasteiger partial charge in [0.05, 0.1) is 28.1 Å². The molecular formula is C39H24N2S. The monoisotopic (exact) mass is 552 g/mol. The first-order valence-electron chi connectivity index (χ1n) is 14.2. The Kier molecular flexibility index (Phi) is 5.10. The quantitative estimate of drug-likeness (QED) is 0.213. The molecule has 0 aliphatic carbocycles. The SMILES string of the molecule is c1ccc(-c2cc(-n3c4ccc5ccccc5c4c4c5c(ccc43)sc3ccccc35)cc(-c3ccccc3)n2)cc1. The molecule has 3 heterocycles. The summed E-state index contributed by atoms with van der Waals surface area (Å²) in [5, 5.41) is 7.81. The molecule has 9 rings (SSSR count). The topological polar surface area (TPSA) is 17.8 Å². The normalized spacial score (nSPS) is 11.8. The average molecular weight is 553 g/mol.